The second-order valence-corrected chi connectivity index (χ2v) is 7.68. The zero-order valence-electron chi connectivity index (χ0n) is 11.4. The Morgan fingerprint density at radius 3 is 2.41 bits per heavy atom. The number of aliphatic hydroxyl groups is 2. The average molecular weight is 238 g/mol. The maximum atomic E-state index is 10.6. The molecule has 2 heteroatoms. The molecular formula is C15H26O2. The van der Waals surface area contributed by atoms with E-state index in [0.717, 1.165) is 19.3 Å². The molecule has 3 aliphatic carbocycles. The quantitative estimate of drug-likeness (QED) is 0.737. The van der Waals surface area contributed by atoms with Crippen LogP contribution in [-0.4, -0.2) is 22.4 Å². The van der Waals surface area contributed by atoms with E-state index in [4.69, 9.17) is 0 Å². The van der Waals surface area contributed by atoms with Crippen molar-refractivity contribution in [1.82, 2.24) is 0 Å². The van der Waals surface area contributed by atoms with Crippen molar-refractivity contribution in [2.75, 3.05) is 6.61 Å². The molecule has 0 heterocycles. The highest BCUT2D eigenvalue weighted by molar-refractivity contribution is 5.17. The highest BCUT2D eigenvalue weighted by Gasteiger charge is 2.68. The van der Waals surface area contributed by atoms with Crippen LogP contribution in [0.3, 0.4) is 0 Å². The lowest BCUT2D eigenvalue weighted by molar-refractivity contribution is -0.0753. The Balaban J connectivity index is 2.04. The Morgan fingerprint density at radius 1 is 1.06 bits per heavy atom. The van der Waals surface area contributed by atoms with Crippen LogP contribution >= 0.6 is 0 Å². The second-order valence-electron chi connectivity index (χ2n) is 7.68. The molecule has 0 radical (unpaired) electrons. The Hall–Kier alpha value is -0.0800. The molecule has 0 amide bonds. The normalized spacial score (nSPS) is 55.9. The molecule has 0 aliphatic heterocycles. The van der Waals surface area contributed by atoms with Crippen molar-refractivity contribution in [1.29, 1.82) is 0 Å². The van der Waals surface area contributed by atoms with Gasteiger partial charge in [0.15, 0.2) is 0 Å². The van der Waals surface area contributed by atoms with E-state index in [1.807, 2.05) is 6.92 Å². The fourth-order valence-corrected chi connectivity index (χ4v) is 5.97. The summed E-state index contributed by atoms with van der Waals surface area (Å²) in [5.41, 5.74) is 0.105. The van der Waals surface area contributed by atoms with E-state index in [0.29, 0.717) is 29.8 Å². The molecule has 3 aliphatic rings. The largest absolute Gasteiger partial charge is 0.396 e. The molecule has 2 nitrogen and oxygen atoms in total. The van der Waals surface area contributed by atoms with Gasteiger partial charge in [-0.15, -0.1) is 0 Å². The summed E-state index contributed by atoms with van der Waals surface area (Å²) in [5.74, 6) is 1.63. The zero-order chi connectivity index (χ0) is 12.5. The summed E-state index contributed by atoms with van der Waals surface area (Å²) in [6.45, 7) is 7.08. The Morgan fingerprint density at radius 2 is 1.76 bits per heavy atom. The number of aliphatic hydroxyl groups excluding tert-OH is 1. The van der Waals surface area contributed by atoms with Crippen LogP contribution < -0.4 is 0 Å². The minimum atomic E-state index is -0.487. The molecule has 0 aromatic rings. The van der Waals surface area contributed by atoms with Crippen LogP contribution in [0.1, 0.15) is 52.9 Å². The third-order valence-corrected chi connectivity index (χ3v) is 6.76. The first-order valence-electron chi connectivity index (χ1n) is 7.18. The zero-order valence-corrected chi connectivity index (χ0v) is 11.4. The predicted octanol–water partition coefficient (Wildman–Crippen LogP) is 2.58. The lowest BCUT2D eigenvalue weighted by atomic mass is 9.64. The molecule has 0 aromatic heterocycles. The lowest BCUT2D eigenvalue weighted by Crippen LogP contribution is -2.44. The molecule has 5 atom stereocenters. The van der Waals surface area contributed by atoms with E-state index >= 15 is 0 Å². The maximum absolute atomic E-state index is 10.6. The minimum Gasteiger partial charge on any atom is -0.396 e. The summed E-state index contributed by atoms with van der Waals surface area (Å²) in [5, 5.41) is 20.3. The third-order valence-electron chi connectivity index (χ3n) is 6.76. The molecule has 0 saturated heterocycles. The Kier molecular flexibility index (Phi) is 2.30. The van der Waals surface area contributed by atoms with Crippen molar-refractivity contribution in [3.05, 3.63) is 0 Å². The highest BCUT2D eigenvalue weighted by Crippen LogP contribution is 2.73. The summed E-state index contributed by atoms with van der Waals surface area (Å²) >= 11 is 0. The van der Waals surface area contributed by atoms with Crippen LogP contribution in [0.4, 0.5) is 0 Å². The topological polar surface area (TPSA) is 40.5 Å². The van der Waals surface area contributed by atoms with Crippen molar-refractivity contribution in [2.24, 2.45) is 28.6 Å². The molecule has 1 unspecified atom stereocenters. The first-order valence-corrected chi connectivity index (χ1v) is 7.18. The Bertz CT molecular complexity index is 334. The lowest BCUT2D eigenvalue weighted by Gasteiger charge is -2.44. The fourth-order valence-electron chi connectivity index (χ4n) is 5.97. The van der Waals surface area contributed by atoms with E-state index in [9.17, 15) is 10.2 Å². The van der Waals surface area contributed by atoms with Crippen LogP contribution in [-0.2, 0) is 0 Å². The van der Waals surface area contributed by atoms with E-state index in [1.54, 1.807) is 0 Å². The number of hydrogen-bond donors (Lipinski definition) is 2. The van der Waals surface area contributed by atoms with E-state index in [2.05, 4.69) is 13.8 Å². The average Bonchev–Trinajstić information content (AvgIpc) is 2.69. The summed E-state index contributed by atoms with van der Waals surface area (Å²) < 4.78 is 0. The first-order chi connectivity index (χ1) is 7.84. The van der Waals surface area contributed by atoms with Crippen molar-refractivity contribution >= 4 is 0 Å². The van der Waals surface area contributed by atoms with E-state index < -0.39 is 5.60 Å². The van der Waals surface area contributed by atoms with Gasteiger partial charge in [0, 0.05) is 6.61 Å². The first kappa shape index (κ1) is 12.0. The number of rotatable bonds is 1. The fraction of sp³-hybridized carbons (Fsp3) is 1.00. The van der Waals surface area contributed by atoms with Crippen LogP contribution in [0.2, 0.25) is 0 Å². The SMILES string of the molecule is CC1(C)C2CC[C@@H](CO)[C@@]23CC[C@@](C)(O)[C@@H]1C3. The summed E-state index contributed by atoms with van der Waals surface area (Å²) in [7, 11) is 0. The van der Waals surface area contributed by atoms with Crippen molar-refractivity contribution in [3.63, 3.8) is 0 Å². The van der Waals surface area contributed by atoms with Gasteiger partial charge in [-0.25, -0.2) is 0 Å². The summed E-state index contributed by atoms with van der Waals surface area (Å²) in [6, 6.07) is 0. The van der Waals surface area contributed by atoms with Gasteiger partial charge in [-0.1, -0.05) is 13.8 Å². The highest BCUT2D eigenvalue weighted by atomic mass is 16.3. The molecule has 2 bridgehead atoms. The summed E-state index contributed by atoms with van der Waals surface area (Å²) in [4.78, 5) is 0. The monoisotopic (exact) mass is 238 g/mol. The van der Waals surface area contributed by atoms with Crippen LogP contribution in [0, 0.1) is 28.6 Å². The van der Waals surface area contributed by atoms with Gasteiger partial charge in [-0.3, -0.25) is 0 Å². The van der Waals surface area contributed by atoms with Gasteiger partial charge in [0.05, 0.1) is 5.60 Å². The molecule has 98 valence electrons. The van der Waals surface area contributed by atoms with Gasteiger partial charge in [-0.05, 0) is 67.6 Å². The molecule has 3 fully saturated rings. The van der Waals surface area contributed by atoms with E-state index in [1.165, 1.54) is 12.8 Å². The van der Waals surface area contributed by atoms with Gasteiger partial charge < -0.3 is 10.2 Å². The van der Waals surface area contributed by atoms with Gasteiger partial charge in [-0.2, -0.15) is 0 Å². The molecule has 2 N–H and O–H groups in total. The van der Waals surface area contributed by atoms with Crippen LogP contribution in [0.25, 0.3) is 0 Å². The standard InChI is InChI=1S/C15H26O2/c1-13(2)11-5-4-10(9-16)15(11)7-6-14(3,17)12(13)8-15/h10-12,16-17H,4-9H2,1-3H3/t10-,11?,12+,14+,15-/m0/s1. The Labute approximate surface area is 104 Å². The molecule has 3 saturated carbocycles. The van der Waals surface area contributed by atoms with Crippen molar-refractivity contribution in [2.45, 2.75) is 58.5 Å². The van der Waals surface area contributed by atoms with Gasteiger partial charge in [0.2, 0.25) is 0 Å². The van der Waals surface area contributed by atoms with Gasteiger partial charge in [0.1, 0.15) is 0 Å². The van der Waals surface area contributed by atoms with Crippen LogP contribution in [0.5, 0.6) is 0 Å². The number of hydrogen-bond acceptors (Lipinski definition) is 2. The minimum absolute atomic E-state index is 0.240. The van der Waals surface area contributed by atoms with Crippen molar-refractivity contribution in [3.8, 4) is 0 Å². The summed E-state index contributed by atoms with van der Waals surface area (Å²) in [6.07, 6.45) is 5.64. The number of fused-ring (bicyclic) bond motifs is 1. The third kappa shape index (κ3) is 1.29. The molecule has 0 aromatic carbocycles. The van der Waals surface area contributed by atoms with E-state index in [-0.39, 0.29) is 5.41 Å². The molecular weight excluding hydrogens is 212 g/mol. The molecule has 3 rings (SSSR count). The maximum Gasteiger partial charge on any atom is 0.0653 e. The van der Waals surface area contributed by atoms with Crippen LogP contribution in [0.15, 0.2) is 0 Å². The molecule has 17 heavy (non-hydrogen) atoms. The molecule has 1 spiro atoms. The smallest absolute Gasteiger partial charge is 0.0653 e. The van der Waals surface area contributed by atoms with Gasteiger partial charge >= 0.3 is 0 Å². The van der Waals surface area contributed by atoms with Gasteiger partial charge in [0.25, 0.3) is 0 Å². The van der Waals surface area contributed by atoms with Crippen molar-refractivity contribution < 1.29 is 10.2 Å². The second kappa shape index (κ2) is 3.27. The predicted molar refractivity (Wildman–Crippen MR) is 67.5 cm³/mol.